The minimum absolute atomic E-state index is 0.407. The Hall–Kier alpha value is -1.55. The van der Waals surface area contributed by atoms with Crippen molar-refractivity contribution in [3.63, 3.8) is 0 Å². The number of imidazole rings is 1. The van der Waals surface area contributed by atoms with Crippen LogP contribution in [-0.4, -0.2) is 22.5 Å². The average molecular weight is 239 g/mol. The maximum Gasteiger partial charge on any atom is 0.356 e. The number of aromatic nitrogens is 2. The minimum atomic E-state index is -0.407. The molecule has 0 N–H and O–H groups in total. The van der Waals surface area contributed by atoms with Crippen LogP contribution in [0.5, 0.6) is 0 Å². The molecular formula is C11H11ClN2O2. The number of aryl methyl sites for hydroxylation is 2. The molecule has 0 fully saturated rings. The number of methoxy groups -OCH3 is 1. The van der Waals surface area contributed by atoms with Crippen LogP contribution in [0.15, 0.2) is 12.1 Å². The highest BCUT2D eigenvalue weighted by Crippen LogP contribution is 2.21. The van der Waals surface area contributed by atoms with E-state index >= 15 is 0 Å². The fourth-order valence-electron chi connectivity index (χ4n) is 1.71. The molecular weight excluding hydrogens is 228 g/mol. The van der Waals surface area contributed by atoms with Crippen LogP contribution in [-0.2, 0) is 4.74 Å². The summed E-state index contributed by atoms with van der Waals surface area (Å²) in [7, 11) is 1.35. The van der Waals surface area contributed by atoms with Gasteiger partial charge in [-0.15, -0.1) is 0 Å². The van der Waals surface area contributed by atoms with Crippen LogP contribution in [0, 0.1) is 13.8 Å². The molecule has 5 heteroatoms. The van der Waals surface area contributed by atoms with Crippen molar-refractivity contribution >= 4 is 23.2 Å². The molecule has 0 aliphatic carbocycles. The van der Waals surface area contributed by atoms with E-state index in [4.69, 9.17) is 16.3 Å². The molecule has 84 valence electrons. The number of pyridine rings is 1. The van der Waals surface area contributed by atoms with Gasteiger partial charge < -0.3 is 4.74 Å². The summed E-state index contributed by atoms with van der Waals surface area (Å²) in [5, 5.41) is 0.593. The fourth-order valence-corrected chi connectivity index (χ4v) is 1.86. The number of fused-ring (bicyclic) bond motifs is 1. The lowest BCUT2D eigenvalue weighted by Gasteiger charge is -2.05. The Bertz CT molecular complexity index is 575. The quantitative estimate of drug-likeness (QED) is 0.717. The van der Waals surface area contributed by atoms with Gasteiger partial charge in [-0.1, -0.05) is 11.6 Å². The summed E-state index contributed by atoms with van der Waals surface area (Å²) in [4.78, 5) is 15.9. The minimum Gasteiger partial charge on any atom is -0.464 e. The van der Waals surface area contributed by atoms with E-state index in [0.29, 0.717) is 22.1 Å². The second-order valence-corrected chi connectivity index (χ2v) is 3.90. The standard InChI is InChI=1S/C11H11ClN2O2/c1-6-10(11(15)16-3)14-7(2)8(12)4-5-9(14)13-6/h4-5H,1-3H3. The van der Waals surface area contributed by atoms with Crippen LogP contribution in [0.3, 0.4) is 0 Å². The normalized spacial score (nSPS) is 10.8. The van der Waals surface area contributed by atoms with Gasteiger partial charge in [-0.3, -0.25) is 4.40 Å². The summed E-state index contributed by atoms with van der Waals surface area (Å²) < 4.78 is 6.45. The van der Waals surface area contributed by atoms with Gasteiger partial charge in [0.25, 0.3) is 0 Å². The third-order valence-corrected chi connectivity index (χ3v) is 2.92. The number of hydrogen-bond donors (Lipinski definition) is 0. The molecule has 4 nitrogen and oxygen atoms in total. The van der Waals surface area contributed by atoms with Gasteiger partial charge in [-0.25, -0.2) is 9.78 Å². The Labute approximate surface area is 97.8 Å². The third kappa shape index (κ3) is 1.46. The Morgan fingerprint density at radius 3 is 2.75 bits per heavy atom. The maximum absolute atomic E-state index is 11.6. The molecule has 2 aromatic heterocycles. The Morgan fingerprint density at radius 1 is 1.44 bits per heavy atom. The number of hydrogen-bond acceptors (Lipinski definition) is 3. The first-order valence-corrected chi connectivity index (χ1v) is 5.16. The van der Waals surface area contributed by atoms with Crippen molar-refractivity contribution in [1.29, 1.82) is 0 Å². The number of carbonyl (C=O) groups is 1. The predicted octanol–water partition coefficient (Wildman–Crippen LogP) is 2.39. The van der Waals surface area contributed by atoms with Crippen LogP contribution < -0.4 is 0 Å². The Morgan fingerprint density at radius 2 is 2.12 bits per heavy atom. The van der Waals surface area contributed by atoms with Crippen molar-refractivity contribution in [2.75, 3.05) is 7.11 Å². The second kappa shape index (κ2) is 3.79. The number of esters is 1. The summed E-state index contributed by atoms with van der Waals surface area (Å²) in [5.41, 5.74) is 2.54. The fraction of sp³-hybridized carbons (Fsp3) is 0.273. The first-order valence-electron chi connectivity index (χ1n) is 4.78. The van der Waals surface area contributed by atoms with E-state index in [-0.39, 0.29) is 0 Å². The largest absolute Gasteiger partial charge is 0.464 e. The van der Waals surface area contributed by atoms with E-state index in [2.05, 4.69) is 4.98 Å². The van der Waals surface area contributed by atoms with Gasteiger partial charge in [-0.05, 0) is 26.0 Å². The van der Waals surface area contributed by atoms with Gasteiger partial charge in [0.05, 0.1) is 17.8 Å². The number of rotatable bonds is 1. The topological polar surface area (TPSA) is 43.6 Å². The molecule has 0 radical (unpaired) electrons. The van der Waals surface area contributed by atoms with Crippen molar-refractivity contribution in [2.45, 2.75) is 13.8 Å². The molecule has 2 rings (SSSR count). The van der Waals surface area contributed by atoms with Gasteiger partial charge in [0.15, 0.2) is 5.69 Å². The zero-order valence-corrected chi connectivity index (χ0v) is 10.00. The molecule has 0 saturated carbocycles. The van der Waals surface area contributed by atoms with E-state index in [1.165, 1.54) is 7.11 Å². The van der Waals surface area contributed by atoms with Gasteiger partial charge in [-0.2, -0.15) is 0 Å². The molecule has 2 aromatic rings. The van der Waals surface area contributed by atoms with Gasteiger partial charge >= 0.3 is 5.97 Å². The zero-order chi connectivity index (χ0) is 11.9. The SMILES string of the molecule is COC(=O)c1c(C)nc2ccc(Cl)c(C)n12. The lowest BCUT2D eigenvalue weighted by molar-refractivity contribution is 0.0591. The number of carbonyl (C=O) groups excluding carboxylic acids is 1. The van der Waals surface area contributed by atoms with Gasteiger partial charge in [0, 0.05) is 5.69 Å². The van der Waals surface area contributed by atoms with Crippen LogP contribution in [0.2, 0.25) is 5.02 Å². The highest BCUT2D eigenvalue weighted by Gasteiger charge is 2.18. The lowest BCUT2D eigenvalue weighted by Crippen LogP contribution is -2.08. The highest BCUT2D eigenvalue weighted by molar-refractivity contribution is 6.31. The smallest absolute Gasteiger partial charge is 0.356 e. The number of halogens is 1. The van der Waals surface area contributed by atoms with E-state index < -0.39 is 5.97 Å². The lowest BCUT2D eigenvalue weighted by atomic mass is 10.3. The molecule has 0 amide bonds. The first kappa shape index (κ1) is 11.0. The monoisotopic (exact) mass is 238 g/mol. The van der Waals surface area contributed by atoms with Gasteiger partial charge in [0.2, 0.25) is 0 Å². The van der Waals surface area contributed by atoms with Crippen LogP contribution in [0.4, 0.5) is 0 Å². The second-order valence-electron chi connectivity index (χ2n) is 3.50. The summed E-state index contributed by atoms with van der Waals surface area (Å²) in [5.74, 6) is -0.407. The van der Waals surface area contributed by atoms with E-state index in [9.17, 15) is 4.79 Å². The van der Waals surface area contributed by atoms with E-state index in [1.807, 2.05) is 6.92 Å². The summed E-state index contributed by atoms with van der Waals surface area (Å²) in [6.07, 6.45) is 0. The molecule has 0 unspecified atom stereocenters. The molecule has 0 aliphatic heterocycles. The Balaban J connectivity index is 2.86. The molecule has 0 saturated heterocycles. The molecule has 16 heavy (non-hydrogen) atoms. The van der Waals surface area contributed by atoms with E-state index in [1.54, 1.807) is 23.5 Å². The summed E-state index contributed by atoms with van der Waals surface area (Å²) >= 11 is 6.02. The average Bonchev–Trinajstić information content (AvgIpc) is 2.60. The van der Waals surface area contributed by atoms with Crippen molar-refractivity contribution in [2.24, 2.45) is 0 Å². The molecule has 0 atom stereocenters. The zero-order valence-electron chi connectivity index (χ0n) is 9.24. The van der Waals surface area contributed by atoms with Crippen LogP contribution >= 0.6 is 11.6 Å². The molecule has 0 spiro atoms. The predicted molar refractivity (Wildman–Crippen MR) is 61.0 cm³/mol. The molecule has 2 heterocycles. The summed E-state index contributed by atoms with van der Waals surface area (Å²) in [6.45, 7) is 3.61. The summed E-state index contributed by atoms with van der Waals surface area (Å²) in [6, 6.07) is 3.54. The van der Waals surface area contributed by atoms with Crippen molar-refractivity contribution in [1.82, 2.24) is 9.38 Å². The number of ether oxygens (including phenoxy) is 1. The molecule has 0 bridgehead atoms. The van der Waals surface area contributed by atoms with E-state index in [0.717, 1.165) is 5.69 Å². The van der Waals surface area contributed by atoms with Crippen LogP contribution in [0.25, 0.3) is 5.65 Å². The first-order chi connectivity index (χ1) is 7.56. The van der Waals surface area contributed by atoms with Crippen LogP contribution in [0.1, 0.15) is 21.9 Å². The van der Waals surface area contributed by atoms with Gasteiger partial charge in [0.1, 0.15) is 5.65 Å². The van der Waals surface area contributed by atoms with Crippen molar-refractivity contribution in [3.8, 4) is 0 Å². The maximum atomic E-state index is 11.6. The van der Waals surface area contributed by atoms with Crippen molar-refractivity contribution in [3.05, 3.63) is 34.2 Å². The highest BCUT2D eigenvalue weighted by atomic mass is 35.5. The van der Waals surface area contributed by atoms with Crippen molar-refractivity contribution < 1.29 is 9.53 Å². The molecule has 0 aromatic carbocycles. The molecule has 0 aliphatic rings. The Kier molecular flexibility index (Phi) is 2.59. The number of nitrogens with zero attached hydrogens (tertiary/aromatic N) is 2. The third-order valence-electron chi connectivity index (χ3n) is 2.52.